The molecular formula is C18H25NO2. The number of aryl methyl sites for hydroxylation is 1. The lowest BCUT2D eigenvalue weighted by molar-refractivity contribution is -0.00820. The molecule has 0 aliphatic heterocycles. The van der Waals surface area contributed by atoms with E-state index in [2.05, 4.69) is 6.92 Å². The van der Waals surface area contributed by atoms with Gasteiger partial charge in [0.2, 0.25) is 0 Å². The Morgan fingerprint density at radius 1 is 1.33 bits per heavy atom. The molecule has 0 amide bonds. The zero-order chi connectivity index (χ0) is 15.0. The van der Waals surface area contributed by atoms with E-state index in [4.69, 9.17) is 10.2 Å². The highest BCUT2D eigenvalue weighted by Crippen LogP contribution is 2.49. The minimum atomic E-state index is -0.543. The van der Waals surface area contributed by atoms with Gasteiger partial charge in [0.1, 0.15) is 11.3 Å². The lowest BCUT2D eigenvalue weighted by Gasteiger charge is -2.42. The van der Waals surface area contributed by atoms with E-state index >= 15 is 0 Å². The first kappa shape index (κ1) is 14.6. The maximum absolute atomic E-state index is 11.1. The Bertz CT molecular complexity index is 623. The first-order chi connectivity index (χ1) is 10.1. The molecule has 1 heterocycles. The molecule has 3 nitrogen and oxygen atoms in total. The summed E-state index contributed by atoms with van der Waals surface area (Å²) in [6.45, 7) is 4.75. The number of fused-ring (bicyclic) bond motifs is 1. The van der Waals surface area contributed by atoms with Gasteiger partial charge in [-0.05, 0) is 31.7 Å². The molecule has 1 aromatic carbocycles. The molecule has 1 unspecified atom stereocenters. The van der Waals surface area contributed by atoms with Crippen molar-refractivity contribution >= 4 is 11.0 Å². The summed E-state index contributed by atoms with van der Waals surface area (Å²) in [5.74, 6) is 1.55. The molecule has 0 radical (unpaired) electrons. The van der Waals surface area contributed by atoms with E-state index in [1.54, 1.807) is 0 Å². The van der Waals surface area contributed by atoms with E-state index in [-0.39, 0.29) is 5.41 Å². The molecular weight excluding hydrogens is 262 g/mol. The first-order valence-electron chi connectivity index (χ1n) is 7.93. The van der Waals surface area contributed by atoms with Gasteiger partial charge in [0.25, 0.3) is 0 Å². The van der Waals surface area contributed by atoms with Crippen molar-refractivity contribution in [2.75, 3.05) is 6.54 Å². The number of hydrogen-bond acceptors (Lipinski definition) is 3. The summed E-state index contributed by atoms with van der Waals surface area (Å²) in [6, 6.07) is 7.94. The van der Waals surface area contributed by atoms with Crippen molar-refractivity contribution in [3.8, 4) is 0 Å². The van der Waals surface area contributed by atoms with Crippen molar-refractivity contribution in [3.63, 3.8) is 0 Å². The summed E-state index contributed by atoms with van der Waals surface area (Å²) in [5, 5.41) is 12.1. The van der Waals surface area contributed by atoms with Crippen LogP contribution in [0.1, 0.15) is 50.0 Å². The van der Waals surface area contributed by atoms with Gasteiger partial charge in [-0.15, -0.1) is 0 Å². The Hall–Kier alpha value is -1.32. The SMILES string of the molecule is Cc1oc2ccccc2c1C(O)C1(CN)CCC(C)CC1. The molecule has 1 aromatic heterocycles. The van der Waals surface area contributed by atoms with E-state index in [0.717, 1.165) is 53.9 Å². The van der Waals surface area contributed by atoms with Crippen LogP contribution in [0, 0.1) is 18.3 Å². The second-order valence-corrected chi connectivity index (χ2v) is 6.72. The minimum Gasteiger partial charge on any atom is -0.461 e. The van der Waals surface area contributed by atoms with E-state index < -0.39 is 6.10 Å². The topological polar surface area (TPSA) is 59.4 Å². The van der Waals surface area contributed by atoms with Gasteiger partial charge < -0.3 is 15.3 Å². The molecule has 1 aliphatic carbocycles. The average Bonchev–Trinajstić information content (AvgIpc) is 2.83. The second kappa shape index (κ2) is 5.47. The van der Waals surface area contributed by atoms with Gasteiger partial charge in [0.15, 0.2) is 0 Å². The van der Waals surface area contributed by atoms with Crippen molar-refractivity contribution in [2.45, 2.75) is 45.6 Å². The van der Waals surface area contributed by atoms with Crippen LogP contribution < -0.4 is 5.73 Å². The molecule has 1 saturated carbocycles. The van der Waals surface area contributed by atoms with Gasteiger partial charge in [-0.25, -0.2) is 0 Å². The van der Waals surface area contributed by atoms with E-state index in [9.17, 15) is 5.11 Å². The molecule has 1 aliphatic rings. The van der Waals surface area contributed by atoms with Crippen LogP contribution in [-0.2, 0) is 0 Å². The maximum atomic E-state index is 11.1. The highest BCUT2D eigenvalue weighted by Gasteiger charge is 2.42. The van der Waals surface area contributed by atoms with Crippen LogP contribution in [-0.4, -0.2) is 11.7 Å². The van der Waals surface area contributed by atoms with Crippen molar-refractivity contribution in [1.29, 1.82) is 0 Å². The normalized spacial score (nSPS) is 27.9. The maximum Gasteiger partial charge on any atom is 0.134 e. The Morgan fingerprint density at radius 3 is 2.67 bits per heavy atom. The van der Waals surface area contributed by atoms with Crippen LogP contribution in [0.5, 0.6) is 0 Å². The van der Waals surface area contributed by atoms with E-state index in [1.165, 1.54) is 0 Å². The number of furan rings is 1. The Labute approximate surface area is 126 Å². The van der Waals surface area contributed by atoms with Crippen LogP contribution in [0.4, 0.5) is 0 Å². The number of aliphatic hydroxyl groups is 1. The monoisotopic (exact) mass is 287 g/mol. The molecule has 3 N–H and O–H groups in total. The van der Waals surface area contributed by atoms with E-state index in [0.29, 0.717) is 6.54 Å². The second-order valence-electron chi connectivity index (χ2n) is 6.72. The highest BCUT2D eigenvalue weighted by atomic mass is 16.3. The van der Waals surface area contributed by atoms with Crippen LogP contribution in [0.15, 0.2) is 28.7 Å². The standard InChI is InChI=1S/C18H25NO2/c1-12-7-9-18(11-19,10-8-12)17(20)16-13(2)21-15-6-4-3-5-14(15)16/h3-6,12,17,20H,7-11,19H2,1-2H3. The fourth-order valence-corrected chi connectivity index (χ4v) is 3.76. The third kappa shape index (κ3) is 2.39. The number of rotatable bonds is 3. The molecule has 0 spiro atoms. The third-order valence-corrected chi connectivity index (χ3v) is 5.35. The Kier molecular flexibility index (Phi) is 3.80. The number of para-hydroxylation sites is 1. The summed E-state index contributed by atoms with van der Waals surface area (Å²) >= 11 is 0. The minimum absolute atomic E-state index is 0.204. The quantitative estimate of drug-likeness (QED) is 0.899. The first-order valence-corrected chi connectivity index (χ1v) is 7.93. The molecule has 0 saturated heterocycles. The summed E-state index contributed by atoms with van der Waals surface area (Å²) in [5.41, 5.74) is 7.67. The highest BCUT2D eigenvalue weighted by molar-refractivity contribution is 5.82. The summed E-state index contributed by atoms with van der Waals surface area (Å²) < 4.78 is 5.82. The molecule has 1 atom stereocenters. The molecule has 2 aromatic rings. The number of benzene rings is 1. The summed E-state index contributed by atoms with van der Waals surface area (Å²) in [6.07, 6.45) is 3.72. The smallest absolute Gasteiger partial charge is 0.134 e. The number of hydrogen-bond donors (Lipinski definition) is 2. The van der Waals surface area contributed by atoms with Crippen LogP contribution in [0.3, 0.4) is 0 Å². The zero-order valence-electron chi connectivity index (χ0n) is 12.9. The molecule has 114 valence electrons. The lowest BCUT2D eigenvalue weighted by atomic mass is 9.66. The molecule has 21 heavy (non-hydrogen) atoms. The molecule has 1 fully saturated rings. The van der Waals surface area contributed by atoms with Gasteiger partial charge in [0.05, 0.1) is 6.10 Å². The van der Waals surface area contributed by atoms with Gasteiger partial charge in [-0.1, -0.05) is 38.0 Å². The summed E-state index contributed by atoms with van der Waals surface area (Å²) in [4.78, 5) is 0. The largest absolute Gasteiger partial charge is 0.461 e. The molecule has 0 bridgehead atoms. The van der Waals surface area contributed by atoms with Gasteiger partial charge in [-0.3, -0.25) is 0 Å². The third-order valence-electron chi connectivity index (χ3n) is 5.35. The van der Waals surface area contributed by atoms with Crippen LogP contribution in [0.2, 0.25) is 0 Å². The predicted molar refractivity (Wildman–Crippen MR) is 85.0 cm³/mol. The molecule has 3 rings (SSSR count). The number of aliphatic hydroxyl groups excluding tert-OH is 1. The van der Waals surface area contributed by atoms with Gasteiger partial charge in [0, 0.05) is 22.9 Å². The van der Waals surface area contributed by atoms with Gasteiger partial charge in [-0.2, -0.15) is 0 Å². The molecule has 3 heteroatoms. The fourth-order valence-electron chi connectivity index (χ4n) is 3.76. The summed E-state index contributed by atoms with van der Waals surface area (Å²) in [7, 11) is 0. The average molecular weight is 287 g/mol. The van der Waals surface area contributed by atoms with E-state index in [1.807, 2.05) is 31.2 Å². The number of nitrogens with two attached hydrogens (primary N) is 1. The van der Waals surface area contributed by atoms with Gasteiger partial charge >= 0.3 is 0 Å². The van der Waals surface area contributed by atoms with Crippen molar-refractivity contribution < 1.29 is 9.52 Å². The van der Waals surface area contributed by atoms with Crippen LogP contribution >= 0.6 is 0 Å². The predicted octanol–water partition coefficient (Wildman–Crippen LogP) is 3.93. The van der Waals surface area contributed by atoms with Crippen LogP contribution in [0.25, 0.3) is 11.0 Å². The Balaban J connectivity index is 2.03. The van der Waals surface area contributed by atoms with Crippen molar-refractivity contribution in [2.24, 2.45) is 17.1 Å². The zero-order valence-corrected chi connectivity index (χ0v) is 12.9. The van der Waals surface area contributed by atoms with Crippen molar-refractivity contribution in [3.05, 3.63) is 35.6 Å². The van der Waals surface area contributed by atoms with Crippen molar-refractivity contribution in [1.82, 2.24) is 0 Å². The lowest BCUT2D eigenvalue weighted by Crippen LogP contribution is -2.40. The Morgan fingerprint density at radius 2 is 2.00 bits per heavy atom. The fraction of sp³-hybridized carbons (Fsp3) is 0.556.